The summed E-state index contributed by atoms with van der Waals surface area (Å²) >= 11 is 0. The van der Waals surface area contributed by atoms with Gasteiger partial charge >= 0.3 is 0 Å². The smallest absolute Gasteiger partial charge is 0.266 e. The maximum atomic E-state index is 12.7. The predicted octanol–water partition coefficient (Wildman–Crippen LogP) is 2.89. The third-order valence-corrected chi connectivity index (χ3v) is 6.51. The van der Waals surface area contributed by atoms with E-state index in [4.69, 9.17) is 0 Å². The van der Waals surface area contributed by atoms with Crippen LogP contribution in [-0.2, 0) is 10.0 Å². The highest BCUT2D eigenvalue weighted by atomic mass is 32.2. The van der Waals surface area contributed by atoms with Gasteiger partial charge < -0.3 is 0 Å². The number of anilines is 1. The second-order valence-corrected chi connectivity index (χ2v) is 8.56. The molecule has 0 aromatic heterocycles. The van der Waals surface area contributed by atoms with Gasteiger partial charge in [0.05, 0.1) is 21.7 Å². The molecule has 3 aromatic carbocycles. The predicted molar refractivity (Wildman–Crippen MR) is 102 cm³/mol. The molecule has 4 rings (SSSR count). The molecule has 6 nitrogen and oxygen atoms in total. The molecule has 7 heteroatoms. The fourth-order valence-corrected chi connectivity index (χ4v) is 4.33. The average Bonchev–Trinajstić information content (AvgIpc) is 2.91. The Morgan fingerprint density at radius 2 is 1.44 bits per heavy atom. The second-order valence-electron chi connectivity index (χ2n) is 6.44. The number of fused-ring (bicyclic) bond motifs is 2. The lowest BCUT2D eigenvalue weighted by molar-refractivity contribution is 0.0926. The standard InChI is InChI=1S/C20H16N2O4S/c1-21(2)27(25,26)18-9-5-6-13-12-14(10-11-15(13)18)22-19(23)16-7-3-4-8-17(16)20(22)24/h3-12H,1-2H3. The van der Waals surface area contributed by atoms with Crippen LogP contribution in [0.25, 0.3) is 10.8 Å². The molecule has 0 N–H and O–H groups in total. The summed E-state index contributed by atoms with van der Waals surface area (Å²) in [6.45, 7) is 0. The summed E-state index contributed by atoms with van der Waals surface area (Å²) in [5.41, 5.74) is 1.14. The molecular formula is C20H16N2O4S. The Morgan fingerprint density at radius 3 is 2.04 bits per heavy atom. The summed E-state index contributed by atoms with van der Waals surface area (Å²) in [4.78, 5) is 26.6. The summed E-state index contributed by atoms with van der Waals surface area (Å²) in [6.07, 6.45) is 0. The number of rotatable bonds is 3. The minimum Gasteiger partial charge on any atom is -0.268 e. The second kappa shape index (κ2) is 6.00. The molecule has 1 aliphatic heterocycles. The molecule has 2 amide bonds. The van der Waals surface area contributed by atoms with Crippen molar-refractivity contribution in [3.05, 3.63) is 71.8 Å². The van der Waals surface area contributed by atoms with Crippen molar-refractivity contribution >= 4 is 38.3 Å². The summed E-state index contributed by atoms with van der Waals surface area (Å²) in [5, 5.41) is 1.17. The van der Waals surface area contributed by atoms with Crippen LogP contribution in [-0.4, -0.2) is 38.6 Å². The maximum Gasteiger partial charge on any atom is 0.266 e. The highest BCUT2D eigenvalue weighted by Gasteiger charge is 2.36. The quantitative estimate of drug-likeness (QED) is 0.655. The first-order valence-corrected chi connectivity index (χ1v) is 9.69. The van der Waals surface area contributed by atoms with Crippen molar-refractivity contribution in [1.29, 1.82) is 0 Å². The molecule has 0 aliphatic carbocycles. The van der Waals surface area contributed by atoms with Gasteiger partial charge in [0.1, 0.15) is 0 Å². The zero-order valence-electron chi connectivity index (χ0n) is 14.7. The lowest BCUT2D eigenvalue weighted by Gasteiger charge is -2.17. The van der Waals surface area contributed by atoms with Crippen LogP contribution >= 0.6 is 0 Å². The van der Waals surface area contributed by atoms with Gasteiger partial charge in [0, 0.05) is 19.5 Å². The van der Waals surface area contributed by atoms with Gasteiger partial charge in [0.15, 0.2) is 0 Å². The zero-order chi connectivity index (χ0) is 19.3. The highest BCUT2D eigenvalue weighted by Crippen LogP contribution is 2.32. The fraction of sp³-hybridized carbons (Fsp3) is 0.100. The van der Waals surface area contributed by atoms with Crippen LogP contribution in [0.15, 0.2) is 65.6 Å². The third kappa shape index (κ3) is 2.55. The first kappa shape index (κ1) is 17.4. The van der Waals surface area contributed by atoms with Gasteiger partial charge in [-0.3, -0.25) is 9.59 Å². The van der Waals surface area contributed by atoms with Crippen molar-refractivity contribution in [2.45, 2.75) is 4.90 Å². The van der Waals surface area contributed by atoms with E-state index in [-0.39, 0.29) is 16.7 Å². The minimum atomic E-state index is -3.61. The number of hydrogen-bond donors (Lipinski definition) is 0. The molecule has 0 radical (unpaired) electrons. The zero-order valence-corrected chi connectivity index (χ0v) is 15.5. The van der Waals surface area contributed by atoms with E-state index in [0.29, 0.717) is 27.6 Å². The largest absolute Gasteiger partial charge is 0.268 e. The fourth-order valence-electron chi connectivity index (χ4n) is 3.23. The number of sulfonamides is 1. The summed E-state index contributed by atoms with van der Waals surface area (Å²) < 4.78 is 26.2. The van der Waals surface area contributed by atoms with Crippen LogP contribution in [0.4, 0.5) is 5.69 Å². The van der Waals surface area contributed by atoms with Gasteiger partial charge in [0.25, 0.3) is 11.8 Å². The number of hydrogen-bond acceptors (Lipinski definition) is 4. The molecule has 0 spiro atoms. The third-order valence-electron chi connectivity index (χ3n) is 4.63. The lowest BCUT2D eigenvalue weighted by Crippen LogP contribution is -2.29. The maximum absolute atomic E-state index is 12.7. The Morgan fingerprint density at radius 1 is 0.815 bits per heavy atom. The Balaban J connectivity index is 1.85. The molecule has 27 heavy (non-hydrogen) atoms. The van der Waals surface area contributed by atoms with E-state index in [1.54, 1.807) is 60.7 Å². The van der Waals surface area contributed by atoms with Gasteiger partial charge in [-0.15, -0.1) is 0 Å². The molecule has 0 saturated heterocycles. The topological polar surface area (TPSA) is 74.8 Å². The van der Waals surface area contributed by atoms with E-state index in [2.05, 4.69) is 0 Å². The van der Waals surface area contributed by atoms with Crippen molar-refractivity contribution in [2.24, 2.45) is 0 Å². The average molecular weight is 380 g/mol. The van der Waals surface area contributed by atoms with Crippen molar-refractivity contribution in [3.8, 4) is 0 Å². The van der Waals surface area contributed by atoms with E-state index in [0.717, 1.165) is 9.21 Å². The van der Waals surface area contributed by atoms with Gasteiger partial charge in [-0.05, 0) is 35.7 Å². The van der Waals surface area contributed by atoms with E-state index in [1.807, 2.05) is 0 Å². The lowest BCUT2D eigenvalue weighted by atomic mass is 10.1. The Labute approximate surface area is 156 Å². The van der Waals surface area contributed by atoms with Crippen LogP contribution in [0.5, 0.6) is 0 Å². The molecular weight excluding hydrogens is 364 g/mol. The number of amides is 2. The van der Waals surface area contributed by atoms with E-state index in [9.17, 15) is 18.0 Å². The molecule has 0 unspecified atom stereocenters. The molecule has 1 heterocycles. The minimum absolute atomic E-state index is 0.180. The van der Waals surface area contributed by atoms with E-state index >= 15 is 0 Å². The van der Waals surface area contributed by atoms with Crippen molar-refractivity contribution in [3.63, 3.8) is 0 Å². The normalized spacial score (nSPS) is 14.3. The van der Waals surface area contributed by atoms with Crippen LogP contribution in [0.3, 0.4) is 0 Å². The van der Waals surface area contributed by atoms with Gasteiger partial charge in [-0.1, -0.05) is 30.3 Å². The van der Waals surface area contributed by atoms with Gasteiger partial charge in [-0.25, -0.2) is 17.6 Å². The van der Waals surface area contributed by atoms with Crippen LogP contribution in [0, 0.1) is 0 Å². The molecule has 0 saturated carbocycles. The van der Waals surface area contributed by atoms with Crippen molar-refractivity contribution in [1.82, 2.24) is 4.31 Å². The van der Waals surface area contributed by atoms with Gasteiger partial charge in [-0.2, -0.15) is 0 Å². The van der Waals surface area contributed by atoms with E-state index < -0.39 is 10.0 Å². The number of benzene rings is 3. The highest BCUT2D eigenvalue weighted by molar-refractivity contribution is 7.89. The van der Waals surface area contributed by atoms with Crippen molar-refractivity contribution in [2.75, 3.05) is 19.0 Å². The number of imide groups is 1. The van der Waals surface area contributed by atoms with Crippen LogP contribution < -0.4 is 4.90 Å². The van der Waals surface area contributed by atoms with Crippen molar-refractivity contribution < 1.29 is 18.0 Å². The molecule has 0 atom stereocenters. The SMILES string of the molecule is CN(C)S(=O)(=O)c1cccc2cc(N3C(=O)c4ccccc4C3=O)ccc12. The van der Waals surface area contributed by atoms with Crippen LogP contribution in [0.1, 0.15) is 20.7 Å². The Bertz CT molecular complexity index is 1180. The summed E-state index contributed by atoms with van der Waals surface area (Å²) in [5.74, 6) is -0.765. The molecule has 0 bridgehead atoms. The number of carbonyl (C=O) groups is 2. The molecule has 136 valence electrons. The first-order valence-electron chi connectivity index (χ1n) is 8.25. The number of carbonyl (C=O) groups excluding carboxylic acids is 2. The van der Waals surface area contributed by atoms with Gasteiger partial charge in [0.2, 0.25) is 10.0 Å². The Kier molecular flexibility index (Phi) is 3.87. The van der Waals surface area contributed by atoms with E-state index in [1.165, 1.54) is 14.1 Å². The monoisotopic (exact) mass is 380 g/mol. The van der Waals surface area contributed by atoms with Crippen LogP contribution in [0.2, 0.25) is 0 Å². The first-order chi connectivity index (χ1) is 12.8. The number of nitrogens with zero attached hydrogens (tertiary/aromatic N) is 2. The molecule has 1 aliphatic rings. The molecule has 0 fully saturated rings. The summed E-state index contributed by atoms with van der Waals surface area (Å²) in [6, 6.07) is 16.5. The molecule has 3 aromatic rings. The Hall–Kier alpha value is -3.03. The summed E-state index contributed by atoms with van der Waals surface area (Å²) in [7, 11) is -0.668.